The molecule has 0 amide bonds. The third-order valence-electron chi connectivity index (χ3n) is 2.06. The van der Waals surface area contributed by atoms with Gasteiger partial charge in [-0.05, 0) is 19.1 Å². The highest BCUT2D eigenvalue weighted by atomic mass is 32.1. The lowest BCUT2D eigenvalue weighted by Crippen LogP contribution is -1.94. The van der Waals surface area contributed by atoms with E-state index in [0.717, 1.165) is 22.8 Å². The molecule has 15 heavy (non-hydrogen) atoms. The molecule has 2 aromatic rings. The van der Waals surface area contributed by atoms with E-state index < -0.39 is 6.10 Å². The third kappa shape index (κ3) is 2.61. The van der Waals surface area contributed by atoms with Crippen LogP contribution >= 0.6 is 11.3 Å². The molecule has 0 aliphatic carbocycles. The predicted octanol–water partition coefficient (Wildman–Crippen LogP) is 2.18. The maximum atomic E-state index is 9.33. The van der Waals surface area contributed by atoms with Crippen LogP contribution in [0.1, 0.15) is 29.4 Å². The molecule has 0 radical (unpaired) electrons. The van der Waals surface area contributed by atoms with E-state index in [0.29, 0.717) is 0 Å². The van der Waals surface area contributed by atoms with Crippen LogP contribution in [0.4, 0.5) is 0 Å². The first kappa shape index (κ1) is 10.3. The quantitative estimate of drug-likeness (QED) is 0.862. The molecule has 0 spiro atoms. The second-order valence-electron chi connectivity index (χ2n) is 3.34. The standard InChI is InChI=1S/C11H12N2OS/c1-8(14)10-7-15-11(13-10)6-9-4-2-3-5-12-9/h2-5,7-8,14H,6H2,1H3. The number of pyridine rings is 1. The van der Waals surface area contributed by atoms with Crippen molar-refractivity contribution in [1.29, 1.82) is 0 Å². The van der Waals surface area contributed by atoms with Crippen molar-refractivity contribution in [2.45, 2.75) is 19.4 Å². The molecule has 0 aromatic carbocycles. The van der Waals surface area contributed by atoms with Crippen LogP contribution in [-0.4, -0.2) is 15.1 Å². The zero-order chi connectivity index (χ0) is 10.7. The number of hydrogen-bond acceptors (Lipinski definition) is 4. The first-order valence-corrected chi connectivity index (χ1v) is 5.66. The van der Waals surface area contributed by atoms with Crippen molar-refractivity contribution in [1.82, 2.24) is 9.97 Å². The number of rotatable bonds is 3. The predicted molar refractivity (Wildman–Crippen MR) is 59.8 cm³/mol. The highest BCUT2D eigenvalue weighted by Crippen LogP contribution is 2.18. The first-order chi connectivity index (χ1) is 7.25. The lowest BCUT2D eigenvalue weighted by Gasteiger charge is -1.97. The molecule has 2 aromatic heterocycles. The number of hydrogen-bond donors (Lipinski definition) is 1. The SMILES string of the molecule is CC(O)c1csc(Cc2ccccn2)n1. The Bertz CT molecular complexity index is 425. The molecule has 0 aliphatic heterocycles. The largest absolute Gasteiger partial charge is 0.387 e. The Morgan fingerprint density at radius 2 is 2.33 bits per heavy atom. The van der Waals surface area contributed by atoms with Crippen molar-refractivity contribution in [2.24, 2.45) is 0 Å². The van der Waals surface area contributed by atoms with E-state index in [1.165, 1.54) is 0 Å². The van der Waals surface area contributed by atoms with Gasteiger partial charge in [-0.25, -0.2) is 4.98 Å². The van der Waals surface area contributed by atoms with Gasteiger partial charge in [0.1, 0.15) is 0 Å². The lowest BCUT2D eigenvalue weighted by molar-refractivity contribution is 0.195. The molecule has 0 saturated carbocycles. The van der Waals surface area contributed by atoms with Gasteiger partial charge in [0, 0.05) is 23.7 Å². The van der Waals surface area contributed by atoms with Gasteiger partial charge in [-0.2, -0.15) is 0 Å². The van der Waals surface area contributed by atoms with Gasteiger partial charge >= 0.3 is 0 Å². The van der Waals surface area contributed by atoms with Crippen molar-refractivity contribution >= 4 is 11.3 Å². The van der Waals surface area contributed by atoms with Gasteiger partial charge < -0.3 is 5.11 Å². The summed E-state index contributed by atoms with van der Waals surface area (Å²) in [4.78, 5) is 8.57. The summed E-state index contributed by atoms with van der Waals surface area (Å²) in [5.41, 5.74) is 1.75. The smallest absolute Gasteiger partial charge is 0.0989 e. The third-order valence-corrected chi connectivity index (χ3v) is 2.92. The molecular formula is C11H12N2OS. The Morgan fingerprint density at radius 3 is 2.93 bits per heavy atom. The zero-order valence-electron chi connectivity index (χ0n) is 8.42. The summed E-state index contributed by atoms with van der Waals surface area (Å²) in [6, 6.07) is 5.83. The van der Waals surface area contributed by atoms with E-state index in [-0.39, 0.29) is 0 Å². The molecule has 1 unspecified atom stereocenters. The van der Waals surface area contributed by atoms with Crippen LogP contribution in [0.5, 0.6) is 0 Å². The van der Waals surface area contributed by atoms with Crippen molar-refractivity contribution in [2.75, 3.05) is 0 Å². The van der Waals surface area contributed by atoms with Crippen LogP contribution in [0.2, 0.25) is 0 Å². The minimum absolute atomic E-state index is 0.487. The van der Waals surface area contributed by atoms with Crippen molar-refractivity contribution in [3.8, 4) is 0 Å². The Hall–Kier alpha value is -1.26. The first-order valence-electron chi connectivity index (χ1n) is 4.78. The number of thiazole rings is 1. The Balaban J connectivity index is 2.12. The summed E-state index contributed by atoms with van der Waals surface area (Å²) >= 11 is 1.56. The number of aliphatic hydroxyl groups is 1. The molecular weight excluding hydrogens is 208 g/mol. The molecule has 0 fully saturated rings. The van der Waals surface area contributed by atoms with Gasteiger partial charge in [0.15, 0.2) is 0 Å². The fraction of sp³-hybridized carbons (Fsp3) is 0.273. The Morgan fingerprint density at radius 1 is 1.47 bits per heavy atom. The summed E-state index contributed by atoms with van der Waals surface area (Å²) in [5.74, 6) is 0. The number of aromatic nitrogens is 2. The van der Waals surface area contributed by atoms with Crippen LogP contribution in [-0.2, 0) is 6.42 Å². The van der Waals surface area contributed by atoms with Gasteiger partial charge in [-0.3, -0.25) is 4.98 Å². The molecule has 1 atom stereocenters. The Labute approximate surface area is 92.5 Å². The summed E-state index contributed by atoms with van der Waals surface area (Å²) in [7, 11) is 0. The zero-order valence-corrected chi connectivity index (χ0v) is 9.24. The fourth-order valence-electron chi connectivity index (χ4n) is 1.26. The fourth-order valence-corrected chi connectivity index (χ4v) is 2.15. The van der Waals surface area contributed by atoms with Crippen LogP contribution < -0.4 is 0 Å². The summed E-state index contributed by atoms with van der Waals surface area (Å²) in [5, 5.41) is 12.2. The molecule has 78 valence electrons. The molecule has 2 rings (SSSR count). The van der Waals surface area contributed by atoms with E-state index >= 15 is 0 Å². The maximum absolute atomic E-state index is 9.33. The highest BCUT2D eigenvalue weighted by molar-refractivity contribution is 7.09. The molecule has 3 nitrogen and oxygen atoms in total. The van der Waals surface area contributed by atoms with E-state index in [4.69, 9.17) is 0 Å². The molecule has 0 saturated heterocycles. The molecule has 0 aliphatic rings. The molecule has 0 bridgehead atoms. The van der Waals surface area contributed by atoms with Gasteiger partial charge in [-0.15, -0.1) is 11.3 Å². The van der Waals surface area contributed by atoms with E-state index in [2.05, 4.69) is 9.97 Å². The molecule has 2 heterocycles. The van der Waals surface area contributed by atoms with E-state index in [1.54, 1.807) is 24.5 Å². The average Bonchev–Trinajstić information content (AvgIpc) is 2.68. The van der Waals surface area contributed by atoms with Crippen LogP contribution in [0, 0.1) is 0 Å². The van der Waals surface area contributed by atoms with E-state index in [9.17, 15) is 5.11 Å². The minimum atomic E-state index is -0.487. The Kier molecular flexibility index (Phi) is 3.08. The van der Waals surface area contributed by atoms with Crippen molar-refractivity contribution in [3.63, 3.8) is 0 Å². The van der Waals surface area contributed by atoms with Crippen molar-refractivity contribution in [3.05, 3.63) is 46.2 Å². The maximum Gasteiger partial charge on any atom is 0.0989 e. The number of nitrogens with zero attached hydrogens (tertiary/aromatic N) is 2. The van der Waals surface area contributed by atoms with Gasteiger partial charge in [0.2, 0.25) is 0 Å². The molecule has 4 heteroatoms. The van der Waals surface area contributed by atoms with E-state index in [1.807, 2.05) is 23.6 Å². The summed E-state index contributed by atoms with van der Waals surface area (Å²) in [6.07, 6.45) is 2.02. The topological polar surface area (TPSA) is 46.0 Å². The summed E-state index contributed by atoms with van der Waals surface area (Å²) in [6.45, 7) is 1.72. The van der Waals surface area contributed by atoms with Gasteiger partial charge in [0.25, 0.3) is 0 Å². The van der Waals surface area contributed by atoms with Gasteiger partial charge in [-0.1, -0.05) is 6.07 Å². The summed E-state index contributed by atoms with van der Waals surface area (Å²) < 4.78 is 0. The van der Waals surface area contributed by atoms with Crippen LogP contribution in [0.3, 0.4) is 0 Å². The monoisotopic (exact) mass is 220 g/mol. The number of aliphatic hydroxyl groups excluding tert-OH is 1. The minimum Gasteiger partial charge on any atom is -0.387 e. The van der Waals surface area contributed by atoms with Crippen LogP contribution in [0.15, 0.2) is 29.8 Å². The normalized spacial score (nSPS) is 12.7. The second-order valence-corrected chi connectivity index (χ2v) is 4.28. The van der Waals surface area contributed by atoms with Gasteiger partial charge in [0.05, 0.1) is 16.8 Å². The highest BCUT2D eigenvalue weighted by Gasteiger charge is 2.07. The van der Waals surface area contributed by atoms with Crippen LogP contribution in [0.25, 0.3) is 0 Å². The lowest BCUT2D eigenvalue weighted by atomic mass is 10.3. The average molecular weight is 220 g/mol. The second kappa shape index (κ2) is 4.51. The van der Waals surface area contributed by atoms with Crippen molar-refractivity contribution < 1.29 is 5.11 Å². The molecule has 1 N–H and O–H groups in total.